The molecule has 0 aliphatic carbocycles. The number of nitrogens with one attached hydrogen (secondary N) is 1. The molecule has 1 unspecified atom stereocenters. The van der Waals surface area contributed by atoms with Crippen LogP contribution in [0.5, 0.6) is 11.5 Å². The van der Waals surface area contributed by atoms with Crippen LogP contribution in [0.25, 0.3) is 0 Å². The molecule has 6 heteroatoms. The van der Waals surface area contributed by atoms with Crippen LogP contribution in [0.2, 0.25) is 0 Å². The third-order valence-electron chi connectivity index (χ3n) is 4.85. The zero-order valence-corrected chi connectivity index (χ0v) is 18.8. The summed E-state index contributed by atoms with van der Waals surface area (Å²) in [7, 11) is 0. The second-order valence-corrected chi connectivity index (χ2v) is 7.76. The SMILES string of the molecule is CCOc1ccc(C(C)NC(=O)Cc2c(C)nn(CC(C)C)c2C)cc1OCC. The van der Waals surface area contributed by atoms with Crippen molar-refractivity contribution in [3.05, 3.63) is 40.7 Å². The number of ether oxygens (including phenoxy) is 2. The van der Waals surface area contributed by atoms with E-state index in [1.807, 2.05) is 57.5 Å². The second-order valence-electron chi connectivity index (χ2n) is 7.76. The third-order valence-corrected chi connectivity index (χ3v) is 4.85. The molecule has 1 atom stereocenters. The average molecular weight is 402 g/mol. The van der Waals surface area contributed by atoms with E-state index in [1.165, 1.54) is 0 Å². The average Bonchev–Trinajstić information content (AvgIpc) is 2.90. The number of amides is 1. The Balaban J connectivity index is 2.09. The van der Waals surface area contributed by atoms with Gasteiger partial charge in [-0.15, -0.1) is 0 Å². The Kier molecular flexibility index (Phi) is 8.11. The third kappa shape index (κ3) is 5.99. The smallest absolute Gasteiger partial charge is 0.225 e. The van der Waals surface area contributed by atoms with Crippen LogP contribution in [-0.2, 0) is 17.8 Å². The maximum atomic E-state index is 12.7. The quantitative estimate of drug-likeness (QED) is 0.642. The van der Waals surface area contributed by atoms with E-state index >= 15 is 0 Å². The molecular formula is C23H35N3O3. The Hall–Kier alpha value is -2.50. The molecule has 0 saturated heterocycles. The highest BCUT2D eigenvalue weighted by Crippen LogP contribution is 2.30. The number of aromatic nitrogens is 2. The molecule has 0 spiro atoms. The van der Waals surface area contributed by atoms with E-state index in [2.05, 4.69) is 24.3 Å². The predicted molar refractivity (Wildman–Crippen MR) is 116 cm³/mol. The molecule has 6 nitrogen and oxygen atoms in total. The van der Waals surface area contributed by atoms with Gasteiger partial charge in [0.25, 0.3) is 0 Å². The first-order valence-electron chi connectivity index (χ1n) is 10.5. The van der Waals surface area contributed by atoms with Gasteiger partial charge in [-0.05, 0) is 58.2 Å². The molecule has 160 valence electrons. The van der Waals surface area contributed by atoms with Gasteiger partial charge in [-0.2, -0.15) is 5.10 Å². The molecule has 1 heterocycles. The van der Waals surface area contributed by atoms with Crippen molar-refractivity contribution in [1.29, 1.82) is 0 Å². The van der Waals surface area contributed by atoms with Gasteiger partial charge in [-0.3, -0.25) is 9.48 Å². The molecule has 0 saturated carbocycles. The minimum atomic E-state index is -0.135. The number of hydrogen-bond acceptors (Lipinski definition) is 4. The van der Waals surface area contributed by atoms with E-state index in [0.717, 1.165) is 34.8 Å². The van der Waals surface area contributed by atoms with E-state index in [1.54, 1.807) is 0 Å². The summed E-state index contributed by atoms with van der Waals surface area (Å²) in [5, 5.41) is 7.70. The normalized spacial score (nSPS) is 12.1. The summed E-state index contributed by atoms with van der Waals surface area (Å²) >= 11 is 0. The van der Waals surface area contributed by atoms with Crippen molar-refractivity contribution in [2.24, 2.45) is 5.92 Å². The van der Waals surface area contributed by atoms with Crippen LogP contribution >= 0.6 is 0 Å². The summed E-state index contributed by atoms with van der Waals surface area (Å²) in [5.41, 5.74) is 3.98. The Bertz CT molecular complexity index is 827. The van der Waals surface area contributed by atoms with Crippen LogP contribution in [0, 0.1) is 19.8 Å². The van der Waals surface area contributed by atoms with E-state index in [-0.39, 0.29) is 11.9 Å². The van der Waals surface area contributed by atoms with Gasteiger partial charge in [0.2, 0.25) is 5.91 Å². The molecule has 0 aliphatic rings. The molecule has 1 N–H and O–H groups in total. The monoisotopic (exact) mass is 401 g/mol. The van der Waals surface area contributed by atoms with Gasteiger partial charge < -0.3 is 14.8 Å². The minimum Gasteiger partial charge on any atom is -0.490 e. The minimum absolute atomic E-state index is 0.0142. The van der Waals surface area contributed by atoms with Gasteiger partial charge in [-0.1, -0.05) is 19.9 Å². The summed E-state index contributed by atoms with van der Waals surface area (Å²) in [5.74, 6) is 1.92. The molecule has 0 fully saturated rings. The number of carbonyl (C=O) groups excluding carboxylic acids is 1. The van der Waals surface area contributed by atoms with Gasteiger partial charge in [0.15, 0.2) is 11.5 Å². The lowest BCUT2D eigenvalue weighted by molar-refractivity contribution is -0.121. The molecule has 1 amide bonds. The Morgan fingerprint density at radius 3 is 2.38 bits per heavy atom. The van der Waals surface area contributed by atoms with E-state index in [0.29, 0.717) is 31.3 Å². The zero-order valence-electron chi connectivity index (χ0n) is 18.8. The maximum absolute atomic E-state index is 12.7. The van der Waals surface area contributed by atoms with Gasteiger partial charge in [0, 0.05) is 17.8 Å². The highest BCUT2D eigenvalue weighted by Gasteiger charge is 2.18. The standard InChI is InChI=1S/C23H35N3O3/c1-8-28-21-11-10-19(12-22(21)29-9-2)16(5)24-23(27)13-20-17(6)25-26(18(20)7)14-15(3)4/h10-12,15-16H,8-9,13-14H2,1-7H3,(H,24,27). The zero-order chi connectivity index (χ0) is 21.6. The van der Waals surface area contributed by atoms with Crippen LogP contribution in [0.3, 0.4) is 0 Å². The molecule has 1 aromatic carbocycles. The van der Waals surface area contributed by atoms with Gasteiger partial charge in [0.05, 0.1) is 31.4 Å². The first kappa shape index (κ1) is 22.8. The van der Waals surface area contributed by atoms with Crippen LogP contribution in [0.1, 0.15) is 63.2 Å². The van der Waals surface area contributed by atoms with Crippen molar-refractivity contribution in [3.63, 3.8) is 0 Å². The molecule has 29 heavy (non-hydrogen) atoms. The first-order valence-corrected chi connectivity index (χ1v) is 10.5. The lowest BCUT2D eigenvalue weighted by Crippen LogP contribution is -2.28. The van der Waals surface area contributed by atoms with E-state index in [4.69, 9.17) is 9.47 Å². The predicted octanol–water partition coefficient (Wildman–Crippen LogP) is 4.37. The molecular weight excluding hydrogens is 366 g/mol. The van der Waals surface area contributed by atoms with Crippen molar-refractivity contribution in [3.8, 4) is 11.5 Å². The molecule has 0 radical (unpaired) electrons. The van der Waals surface area contributed by atoms with Crippen LogP contribution in [0.4, 0.5) is 0 Å². The largest absolute Gasteiger partial charge is 0.490 e. The molecule has 2 rings (SSSR count). The van der Waals surface area contributed by atoms with Gasteiger partial charge in [-0.25, -0.2) is 0 Å². The first-order chi connectivity index (χ1) is 13.8. The lowest BCUT2D eigenvalue weighted by atomic mass is 10.1. The number of aryl methyl sites for hydroxylation is 1. The molecule has 0 bridgehead atoms. The van der Waals surface area contributed by atoms with Crippen molar-refractivity contribution in [2.75, 3.05) is 13.2 Å². The van der Waals surface area contributed by atoms with Crippen molar-refractivity contribution in [1.82, 2.24) is 15.1 Å². The van der Waals surface area contributed by atoms with Crippen molar-refractivity contribution < 1.29 is 14.3 Å². The number of nitrogens with zero attached hydrogens (tertiary/aromatic N) is 2. The Morgan fingerprint density at radius 2 is 1.76 bits per heavy atom. The molecule has 0 aliphatic heterocycles. The fraction of sp³-hybridized carbons (Fsp3) is 0.565. The number of rotatable bonds is 10. The highest BCUT2D eigenvalue weighted by atomic mass is 16.5. The number of carbonyl (C=O) groups is 1. The highest BCUT2D eigenvalue weighted by molar-refractivity contribution is 5.79. The fourth-order valence-corrected chi connectivity index (χ4v) is 3.39. The topological polar surface area (TPSA) is 65.4 Å². The fourth-order valence-electron chi connectivity index (χ4n) is 3.39. The van der Waals surface area contributed by atoms with Crippen LogP contribution in [0.15, 0.2) is 18.2 Å². The second kappa shape index (κ2) is 10.3. The maximum Gasteiger partial charge on any atom is 0.225 e. The summed E-state index contributed by atoms with van der Waals surface area (Å²) in [6.45, 7) is 16.2. The molecule has 1 aromatic heterocycles. The van der Waals surface area contributed by atoms with Crippen LogP contribution in [-0.4, -0.2) is 28.9 Å². The summed E-state index contributed by atoms with van der Waals surface area (Å²) in [6.07, 6.45) is 0.329. The molecule has 2 aromatic rings. The van der Waals surface area contributed by atoms with Gasteiger partial charge in [0.1, 0.15) is 0 Å². The van der Waals surface area contributed by atoms with Crippen molar-refractivity contribution in [2.45, 2.75) is 67.5 Å². The number of hydrogen-bond donors (Lipinski definition) is 1. The Labute approximate surface area is 174 Å². The Morgan fingerprint density at radius 1 is 1.10 bits per heavy atom. The van der Waals surface area contributed by atoms with E-state index < -0.39 is 0 Å². The van der Waals surface area contributed by atoms with Crippen LogP contribution < -0.4 is 14.8 Å². The van der Waals surface area contributed by atoms with E-state index in [9.17, 15) is 4.79 Å². The van der Waals surface area contributed by atoms with Crippen molar-refractivity contribution >= 4 is 5.91 Å². The summed E-state index contributed by atoms with van der Waals surface area (Å²) < 4.78 is 13.3. The summed E-state index contributed by atoms with van der Waals surface area (Å²) in [4.78, 5) is 12.7. The van der Waals surface area contributed by atoms with Gasteiger partial charge >= 0.3 is 0 Å². The number of benzene rings is 1. The summed E-state index contributed by atoms with van der Waals surface area (Å²) in [6, 6.07) is 5.67. The lowest BCUT2D eigenvalue weighted by Gasteiger charge is -2.17.